The summed E-state index contributed by atoms with van der Waals surface area (Å²) in [5.41, 5.74) is 8.96. The van der Waals surface area contributed by atoms with Gasteiger partial charge < -0.3 is 79.9 Å². The van der Waals surface area contributed by atoms with Gasteiger partial charge >= 0.3 is 0 Å². The van der Waals surface area contributed by atoms with Crippen LogP contribution in [-0.4, -0.2) is 196 Å². The number of anilines is 18. The number of hydrogen-bond acceptors (Lipinski definition) is 26. The molecule has 4 saturated carbocycles. The third-order valence-electron chi connectivity index (χ3n) is 25.7. The van der Waals surface area contributed by atoms with E-state index in [0.717, 1.165) is 170 Å². The normalized spacial score (nSPS) is 20.1. The summed E-state index contributed by atoms with van der Waals surface area (Å²) < 4.78 is 63.6. The molecule has 6 aliphatic heterocycles. The number of aromatic nitrogens is 8. The highest BCUT2D eigenvalue weighted by Crippen LogP contribution is 2.51. The molecule has 10 aliphatic rings. The average Bonchev–Trinajstić information content (AvgIpc) is 1.77. The zero-order valence-electron chi connectivity index (χ0n) is 72.1. The Labute approximate surface area is 733 Å². The highest BCUT2D eigenvalue weighted by molar-refractivity contribution is 6.07. The summed E-state index contributed by atoms with van der Waals surface area (Å²) in [5.74, 6) is 1.42. The van der Waals surface area contributed by atoms with Crippen molar-refractivity contribution in [1.82, 2.24) is 44.8 Å². The van der Waals surface area contributed by atoms with Crippen LogP contribution in [0.3, 0.4) is 0 Å². The molecule has 4 aromatic heterocycles. The molecule has 0 bridgehead atoms. The van der Waals surface area contributed by atoms with Crippen molar-refractivity contribution in [2.45, 2.75) is 99.2 Å². The monoisotopic (exact) mass is 1720 g/mol. The number of fused-ring (bicyclic) bond motifs is 4. The second kappa shape index (κ2) is 35.3. The van der Waals surface area contributed by atoms with Crippen molar-refractivity contribution in [3.63, 3.8) is 0 Å². The Kier molecular flexibility index (Phi) is 23.7. The number of hydrogen-bond donors (Lipinski definition) is 4. The van der Waals surface area contributed by atoms with Crippen LogP contribution in [0.5, 0.6) is 0 Å². The first-order chi connectivity index (χ1) is 61.3. The van der Waals surface area contributed by atoms with Crippen LogP contribution in [0.15, 0.2) is 158 Å². The zero-order chi connectivity index (χ0) is 88.9. The molecule has 654 valence electrons. The lowest BCUT2D eigenvalue weighted by molar-refractivity contribution is -0.120. The predicted molar refractivity (Wildman–Crippen MR) is 481 cm³/mol. The minimum atomic E-state index is -1.19. The van der Waals surface area contributed by atoms with Gasteiger partial charge in [-0.3, -0.25) is 19.2 Å². The molecule has 4 atom stereocenters. The topological polar surface area (TPSA) is 312 Å². The minimum Gasteiger partial charge on any atom is -0.378 e. The molecule has 2 unspecified atom stereocenters. The molecule has 10 aromatic rings. The molecular formula is C93H99F4N25O5. The fourth-order valence-corrected chi connectivity index (χ4v) is 17.1. The van der Waals surface area contributed by atoms with E-state index in [-0.39, 0.29) is 45.9 Å². The number of nitriles is 2. The lowest BCUT2D eigenvalue weighted by atomic mass is 9.98. The Hall–Kier alpha value is -13.9. The Morgan fingerprint density at radius 1 is 0.386 bits per heavy atom. The minimum absolute atomic E-state index is 0.110. The van der Waals surface area contributed by atoms with Crippen LogP contribution in [-0.2, 0) is 34.7 Å². The first-order valence-electron chi connectivity index (χ1n) is 42.7. The van der Waals surface area contributed by atoms with Gasteiger partial charge in [-0.15, -0.1) is 0 Å². The molecule has 4 N–H and O–H groups in total. The van der Waals surface area contributed by atoms with E-state index >= 15 is 0 Å². The summed E-state index contributed by atoms with van der Waals surface area (Å²) in [6.45, 7) is 7.16. The molecule has 0 spiro atoms. The maximum absolute atomic E-state index is 14.5. The first kappa shape index (κ1) is 85.3. The number of nitrogens with one attached hydrogen (secondary N) is 4. The fraction of sp³-hybridized carbons (Fsp3) is 0.376. The SMILES string of the molecule is CN1C(=O)C(c2c(F)cccc2F)N(C)c2nc(Nc3ccc(N4CCOCC4)cc3)ncc21.CN1C(=O)[C@@H](CC2CC2)N(C)c2nc(Nc3ccc(C4(C#N)CC4)cc3)ncc21.CN1C(=O)[C@H](CC2CC2)N(C)c2nc(Nc3ccc(C4(C#N)CC4)cc3)ncc21.CN1CCN(c2ccc(Nc3ncc4c(n3)N(C)C(c3c(F)cccc3F)C(=O)N4C)cc2)CC1. The second-order valence-corrected chi connectivity index (χ2v) is 34.1. The number of morpholine rings is 1. The molecule has 30 nitrogen and oxygen atoms in total. The van der Waals surface area contributed by atoms with Crippen molar-refractivity contribution in [3.8, 4) is 12.1 Å². The lowest BCUT2D eigenvalue weighted by Crippen LogP contribution is -2.51. The second-order valence-electron chi connectivity index (χ2n) is 34.1. The van der Waals surface area contributed by atoms with Gasteiger partial charge in [0.05, 0.1) is 72.1 Å². The lowest BCUT2D eigenvalue weighted by Gasteiger charge is -2.38. The van der Waals surface area contributed by atoms with Gasteiger partial charge in [0, 0.05) is 130 Å². The number of likely N-dealkylation sites (N-methyl/N-ethyl adjacent to an activating group) is 9. The molecule has 127 heavy (non-hydrogen) atoms. The van der Waals surface area contributed by atoms with Crippen LogP contribution >= 0.6 is 0 Å². The Bertz CT molecular complexity index is 5690. The molecule has 20 rings (SSSR count). The summed E-state index contributed by atoms with van der Waals surface area (Å²) >= 11 is 0. The molecule has 34 heteroatoms. The molecule has 6 aromatic carbocycles. The Morgan fingerprint density at radius 2 is 0.677 bits per heavy atom. The number of carbonyl (C=O) groups is 4. The summed E-state index contributed by atoms with van der Waals surface area (Å²) in [6, 6.07) is 41.1. The maximum atomic E-state index is 14.5. The van der Waals surface area contributed by atoms with Crippen LogP contribution in [0, 0.1) is 57.8 Å². The molecule has 0 radical (unpaired) electrons. The smallest absolute Gasteiger partial charge is 0.254 e. The molecule has 4 aliphatic carbocycles. The third-order valence-corrected chi connectivity index (χ3v) is 25.7. The maximum Gasteiger partial charge on any atom is 0.254 e. The van der Waals surface area contributed by atoms with Gasteiger partial charge in [0.25, 0.3) is 11.8 Å². The van der Waals surface area contributed by atoms with Crippen molar-refractivity contribution in [1.29, 1.82) is 10.5 Å². The number of piperazine rings is 1. The van der Waals surface area contributed by atoms with Gasteiger partial charge in [0.1, 0.15) is 70.2 Å². The van der Waals surface area contributed by atoms with E-state index in [2.05, 4.69) is 97.2 Å². The van der Waals surface area contributed by atoms with Crippen molar-refractivity contribution in [3.05, 3.63) is 204 Å². The van der Waals surface area contributed by atoms with Gasteiger partial charge in [0.2, 0.25) is 35.6 Å². The van der Waals surface area contributed by atoms with E-state index < -0.39 is 47.2 Å². The number of amides is 4. The van der Waals surface area contributed by atoms with Gasteiger partial charge in [-0.05, 0) is 166 Å². The summed E-state index contributed by atoms with van der Waals surface area (Å²) in [7, 11) is 15.9. The van der Waals surface area contributed by atoms with Crippen molar-refractivity contribution >= 4 is 128 Å². The number of carbonyl (C=O) groups excluding carboxylic acids is 4. The van der Waals surface area contributed by atoms with Gasteiger partial charge in [-0.25, -0.2) is 37.5 Å². The fourth-order valence-electron chi connectivity index (χ4n) is 17.1. The quantitative estimate of drug-likeness (QED) is 0.0580. The van der Waals surface area contributed by atoms with Crippen molar-refractivity contribution < 1.29 is 41.5 Å². The standard InChI is InChI=1S/C25H27F2N7O.C24H24F2N6O2.2C22H24N6O/c1-31-11-13-34(14-12-31)17-9-7-16(8-10-17)29-25-28-15-20-23(30-25)33(3)22(24(35)32(20)2)21-18(26)5-4-6-19(21)27;1-30-19-14-27-24(28-15-6-8-16(9-7-15)32-10-12-34-13-11-32)29-22(19)31(2)21(23(30)33)20-17(25)4-3-5-18(20)26;2*1-27-17(11-14-3-4-14)20(29)28(2)18-12-24-21(26-19(18)27)25-16-7-5-15(6-8-16)22(13-23)9-10-22/h4-10,15,22H,11-14H2,1-3H3,(H,28,29,30);3-9,14,21H,10-13H2,1-2H3,(H,27,28,29);2*5-8,12,14,17H,3-4,9-11H2,1-2H3,(H,24,25,26)/t;;2*17-/m..10/s1. The zero-order valence-corrected chi connectivity index (χ0v) is 72.1. The van der Waals surface area contributed by atoms with Crippen LogP contribution in [0.2, 0.25) is 0 Å². The third kappa shape index (κ3) is 17.6. The molecule has 2 saturated heterocycles. The largest absolute Gasteiger partial charge is 0.378 e. The van der Waals surface area contributed by atoms with Crippen LogP contribution in [0.4, 0.5) is 122 Å². The Morgan fingerprint density at radius 3 is 0.976 bits per heavy atom. The van der Waals surface area contributed by atoms with E-state index in [1.807, 2.05) is 109 Å². The number of benzene rings is 6. The Balaban J connectivity index is 0.000000120. The summed E-state index contributed by atoms with van der Waals surface area (Å²) in [6.07, 6.45) is 16.8. The molecule has 4 amide bonds. The van der Waals surface area contributed by atoms with Gasteiger partial charge in [0.15, 0.2) is 23.3 Å². The van der Waals surface area contributed by atoms with Crippen LogP contribution in [0.1, 0.15) is 98.5 Å². The highest BCUT2D eigenvalue weighted by atomic mass is 19.1. The van der Waals surface area contributed by atoms with E-state index in [0.29, 0.717) is 71.9 Å². The van der Waals surface area contributed by atoms with E-state index in [1.165, 1.54) is 69.8 Å². The first-order valence-corrected chi connectivity index (χ1v) is 42.7. The number of halogens is 4. The summed E-state index contributed by atoms with van der Waals surface area (Å²) in [4.78, 5) is 108. The highest BCUT2D eigenvalue weighted by Gasteiger charge is 2.48. The molecule has 6 fully saturated rings. The van der Waals surface area contributed by atoms with Crippen molar-refractivity contribution in [2.75, 3.05) is 186 Å². The summed E-state index contributed by atoms with van der Waals surface area (Å²) in [5, 5.41) is 31.6. The van der Waals surface area contributed by atoms with E-state index in [4.69, 9.17) is 14.7 Å². The van der Waals surface area contributed by atoms with Crippen molar-refractivity contribution in [2.24, 2.45) is 11.8 Å². The number of ether oxygens (including phenoxy) is 1. The number of nitrogens with zero attached hydrogens (tertiary/aromatic N) is 21. The number of rotatable bonds is 18. The van der Waals surface area contributed by atoms with E-state index in [9.17, 15) is 47.3 Å². The predicted octanol–water partition coefficient (Wildman–Crippen LogP) is 13.6. The van der Waals surface area contributed by atoms with Gasteiger partial charge in [-0.1, -0.05) is 62.1 Å². The molecular weight excluding hydrogens is 1620 g/mol. The average molecular weight is 1720 g/mol. The van der Waals surface area contributed by atoms with Crippen LogP contribution in [0.25, 0.3) is 0 Å². The van der Waals surface area contributed by atoms with Gasteiger partial charge in [-0.2, -0.15) is 30.5 Å². The van der Waals surface area contributed by atoms with E-state index in [1.54, 1.807) is 64.5 Å². The van der Waals surface area contributed by atoms with Crippen LogP contribution < -0.4 is 70.3 Å². The molecule has 10 heterocycles.